The van der Waals surface area contributed by atoms with E-state index in [9.17, 15) is 14.7 Å². The first-order valence-electron chi connectivity index (χ1n) is 10.5. The number of aliphatic hydroxyl groups excluding tert-OH is 1. The predicted octanol–water partition coefficient (Wildman–Crippen LogP) is 4.84. The van der Waals surface area contributed by atoms with Gasteiger partial charge in [0.05, 0.1) is 11.6 Å². The van der Waals surface area contributed by atoms with Crippen molar-refractivity contribution in [2.24, 2.45) is 0 Å². The zero-order valence-corrected chi connectivity index (χ0v) is 19.1. The van der Waals surface area contributed by atoms with Crippen molar-refractivity contribution in [3.8, 4) is 11.5 Å². The molecule has 1 saturated heterocycles. The first kappa shape index (κ1) is 21.3. The van der Waals surface area contributed by atoms with Crippen molar-refractivity contribution < 1.29 is 24.2 Å². The molecule has 33 heavy (non-hydrogen) atoms. The average Bonchev–Trinajstić information content (AvgIpc) is 3.09. The third-order valence-corrected chi connectivity index (χ3v) is 6.21. The fourth-order valence-electron chi connectivity index (χ4n) is 4.19. The Hall–Kier alpha value is -3.58. The number of fused-ring (bicyclic) bond motifs is 1. The predicted molar refractivity (Wildman–Crippen MR) is 126 cm³/mol. The van der Waals surface area contributed by atoms with Crippen LogP contribution < -0.4 is 9.47 Å². The van der Waals surface area contributed by atoms with E-state index in [-0.39, 0.29) is 17.9 Å². The van der Waals surface area contributed by atoms with Crippen LogP contribution in [0.4, 0.5) is 0 Å². The molecule has 0 aromatic heterocycles. The van der Waals surface area contributed by atoms with Gasteiger partial charge in [-0.3, -0.25) is 9.59 Å². The Labute approximate surface area is 199 Å². The lowest BCUT2D eigenvalue weighted by molar-refractivity contribution is -0.140. The second-order valence-corrected chi connectivity index (χ2v) is 8.74. The minimum Gasteiger partial charge on any atom is -0.507 e. The largest absolute Gasteiger partial charge is 0.507 e. The second-order valence-electron chi connectivity index (χ2n) is 7.83. The summed E-state index contributed by atoms with van der Waals surface area (Å²) in [6.45, 7) is 1.09. The number of ketones is 1. The number of ether oxygens (including phenoxy) is 2. The summed E-state index contributed by atoms with van der Waals surface area (Å²) in [7, 11) is 0. The lowest BCUT2D eigenvalue weighted by atomic mass is 9.95. The van der Waals surface area contributed by atoms with E-state index in [4.69, 9.17) is 9.47 Å². The third-order valence-electron chi connectivity index (χ3n) is 5.72. The van der Waals surface area contributed by atoms with E-state index >= 15 is 0 Å². The number of benzene rings is 3. The first-order valence-corrected chi connectivity index (χ1v) is 11.3. The lowest BCUT2D eigenvalue weighted by Crippen LogP contribution is -2.29. The van der Waals surface area contributed by atoms with E-state index < -0.39 is 17.7 Å². The van der Waals surface area contributed by atoms with Gasteiger partial charge >= 0.3 is 0 Å². The summed E-state index contributed by atoms with van der Waals surface area (Å²) in [6.07, 6.45) is 0. The maximum Gasteiger partial charge on any atom is 0.295 e. The van der Waals surface area contributed by atoms with Crippen LogP contribution in [0.25, 0.3) is 5.76 Å². The Morgan fingerprint density at radius 1 is 0.939 bits per heavy atom. The van der Waals surface area contributed by atoms with Gasteiger partial charge in [-0.05, 0) is 41.5 Å². The van der Waals surface area contributed by atoms with Crippen molar-refractivity contribution in [3.63, 3.8) is 0 Å². The van der Waals surface area contributed by atoms with Crippen molar-refractivity contribution in [2.75, 3.05) is 13.2 Å². The van der Waals surface area contributed by atoms with E-state index in [2.05, 4.69) is 15.9 Å². The van der Waals surface area contributed by atoms with Gasteiger partial charge in [0.2, 0.25) is 0 Å². The summed E-state index contributed by atoms with van der Waals surface area (Å²) >= 11 is 3.47. The normalized spacial score (nSPS) is 19.1. The average molecular weight is 506 g/mol. The van der Waals surface area contributed by atoms with Crippen LogP contribution in [0.3, 0.4) is 0 Å². The maximum absolute atomic E-state index is 13.2. The Balaban J connectivity index is 1.64. The molecule has 0 spiro atoms. The highest BCUT2D eigenvalue weighted by Crippen LogP contribution is 2.42. The molecule has 2 aliphatic rings. The Bertz CT molecular complexity index is 1270. The number of Topliss-reactive ketones (excluding diaryl/α,β-unsaturated/α-hetero) is 1. The molecule has 0 saturated carbocycles. The topological polar surface area (TPSA) is 76.1 Å². The number of amides is 1. The van der Waals surface area contributed by atoms with Crippen molar-refractivity contribution in [3.05, 3.63) is 99.5 Å². The quantitative estimate of drug-likeness (QED) is 0.311. The molecule has 7 heteroatoms. The molecule has 1 fully saturated rings. The third kappa shape index (κ3) is 4.00. The van der Waals surface area contributed by atoms with Crippen LogP contribution in [0.2, 0.25) is 0 Å². The number of hydrogen-bond acceptors (Lipinski definition) is 5. The number of rotatable bonds is 4. The molecular formula is C26H20BrNO5. The Morgan fingerprint density at radius 3 is 2.45 bits per heavy atom. The molecule has 2 heterocycles. The van der Waals surface area contributed by atoms with Crippen LogP contribution in [0.1, 0.15) is 22.7 Å². The first-order chi connectivity index (χ1) is 16.0. The summed E-state index contributed by atoms with van der Waals surface area (Å²) < 4.78 is 12.0. The van der Waals surface area contributed by atoms with Crippen molar-refractivity contribution >= 4 is 33.4 Å². The van der Waals surface area contributed by atoms with Gasteiger partial charge in [0, 0.05) is 16.6 Å². The zero-order valence-electron chi connectivity index (χ0n) is 17.5. The lowest BCUT2D eigenvalue weighted by Gasteiger charge is -2.26. The second kappa shape index (κ2) is 8.75. The number of aliphatic hydroxyl groups is 1. The van der Waals surface area contributed by atoms with E-state index in [1.807, 2.05) is 54.6 Å². The molecule has 6 nitrogen and oxygen atoms in total. The molecule has 166 valence electrons. The fourth-order valence-corrected chi connectivity index (χ4v) is 4.61. The molecule has 3 aromatic carbocycles. The molecule has 0 aliphatic carbocycles. The summed E-state index contributed by atoms with van der Waals surface area (Å²) in [5, 5.41) is 11.3. The molecule has 0 radical (unpaired) electrons. The van der Waals surface area contributed by atoms with Crippen LogP contribution in [-0.2, 0) is 16.1 Å². The van der Waals surface area contributed by atoms with Gasteiger partial charge in [0.1, 0.15) is 19.0 Å². The van der Waals surface area contributed by atoms with E-state index in [1.165, 1.54) is 4.90 Å². The van der Waals surface area contributed by atoms with Crippen LogP contribution in [0.5, 0.6) is 11.5 Å². The molecule has 5 rings (SSSR count). The molecule has 0 unspecified atom stereocenters. The van der Waals surface area contributed by atoms with E-state index in [1.54, 1.807) is 18.2 Å². The number of halogens is 1. The van der Waals surface area contributed by atoms with Gasteiger partial charge in [-0.2, -0.15) is 0 Å². The maximum atomic E-state index is 13.2. The molecule has 3 aromatic rings. The molecule has 1 amide bonds. The highest BCUT2D eigenvalue weighted by molar-refractivity contribution is 9.10. The number of carbonyl (C=O) groups is 2. The fraction of sp³-hybridized carbons (Fsp3) is 0.154. The van der Waals surface area contributed by atoms with Gasteiger partial charge in [-0.1, -0.05) is 58.4 Å². The molecule has 1 N–H and O–H groups in total. The smallest absolute Gasteiger partial charge is 0.295 e. The molecule has 0 bridgehead atoms. The zero-order chi connectivity index (χ0) is 22.9. The highest BCUT2D eigenvalue weighted by atomic mass is 79.9. The number of nitrogens with zero attached hydrogens (tertiary/aromatic N) is 1. The van der Waals surface area contributed by atoms with Crippen molar-refractivity contribution in [1.29, 1.82) is 0 Å². The Kier molecular flexibility index (Phi) is 5.64. The van der Waals surface area contributed by atoms with Crippen LogP contribution >= 0.6 is 15.9 Å². The minimum atomic E-state index is -0.740. The van der Waals surface area contributed by atoms with Gasteiger partial charge in [0.15, 0.2) is 11.5 Å². The van der Waals surface area contributed by atoms with Crippen LogP contribution in [0, 0.1) is 0 Å². The molecule has 1 atom stereocenters. The summed E-state index contributed by atoms with van der Waals surface area (Å²) in [4.78, 5) is 27.8. The van der Waals surface area contributed by atoms with Crippen LogP contribution in [0.15, 0.2) is 82.8 Å². The number of likely N-dealkylation sites (tertiary alicyclic amines) is 1. The van der Waals surface area contributed by atoms with Crippen molar-refractivity contribution in [2.45, 2.75) is 12.6 Å². The van der Waals surface area contributed by atoms with Gasteiger partial charge in [-0.15, -0.1) is 0 Å². The van der Waals surface area contributed by atoms with E-state index in [0.29, 0.717) is 30.3 Å². The van der Waals surface area contributed by atoms with Crippen molar-refractivity contribution in [1.82, 2.24) is 4.90 Å². The van der Waals surface area contributed by atoms with Gasteiger partial charge in [0.25, 0.3) is 11.7 Å². The summed E-state index contributed by atoms with van der Waals surface area (Å²) in [5.74, 6) is -0.550. The van der Waals surface area contributed by atoms with Gasteiger partial charge in [-0.25, -0.2) is 0 Å². The van der Waals surface area contributed by atoms with E-state index in [0.717, 1.165) is 15.6 Å². The van der Waals surface area contributed by atoms with Crippen LogP contribution in [-0.4, -0.2) is 34.9 Å². The number of hydrogen-bond donors (Lipinski definition) is 1. The SMILES string of the molecule is O=C1C(=O)N(Cc2ccccc2)[C@H](c2cccc(Br)c2)/C1=C(\O)c1ccc2c(c1)OCCO2. The number of carbonyl (C=O) groups excluding carboxylic acids is 2. The Morgan fingerprint density at radius 2 is 1.70 bits per heavy atom. The monoisotopic (exact) mass is 505 g/mol. The standard InChI is InChI=1S/C26H20BrNO5/c27-19-8-4-7-17(13-19)23-22(24(29)18-9-10-20-21(14-18)33-12-11-32-20)25(30)26(31)28(23)15-16-5-2-1-3-6-16/h1-10,13-14,23,29H,11-12,15H2/b24-22+/t23-/m1/s1. The summed E-state index contributed by atoms with van der Waals surface area (Å²) in [6, 6.07) is 21.1. The minimum absolute atomic E-state index is 0.0470. The highest BCUT2D eigenvalue weighted by Gasteiger charge is 2.46. The molecular weight excluding hydrogens is 486 g/mol. The van der Waals surface area contributed by atoms with Gasteiger partial charge < -0.3 is 19.5 Å². The summed E-state index contributed by atoms with van der Waals surface area (Å²) in [5.41, 5.74) is 2.04. The molecule has 2 aliphatic heterocycles.